The predicted molar refractivity (Wildman–Crippen MR) is 96.5 cm³/mol. The minimum atomic E-state index is -0.378. The van der Waals surface area contributed by atoms with E-state index < -0.39 is 0 Å². The SMILES string of the molecule is Cc1csc(=Nc2ccccc2[N+](=O)[O-])n1CCC1=CCCCC1. The normalized spacial score (nSPS) is 15.4. The standard InChI is InChI=1S/C18H21N3O2S/c1-14-13-24-18(19-16-9-5-6-10-17(16)21(22)23)20(14)12-11-15-7-3-2-4-8-15/h5-7,9-10,13H,2-4,8,11-12H2,1H3. The number of hydrogen-bond acceptors (Lipinski definition) is 4. The van der Waals surface area contributed by atoms with Gasteiger partial charge in [-0.15, -0.1) is 11.3 Å². The number of nitro groups is 1. The Labute approximate surface area is 145 Å². The molecule has 1 aromatic heterocycles. The van der Waals surface area contributed by atoms with Crippen molar-refractivity contribution < 1.29 is 4.92 Å². The molecule has 0 aliphatic heterocycles. The molecule has 0 radical (unpaired) electrons. The highest BCUT2D eigenvalue weighted by Gasteiger charge is 2.12. The van der Waals surface area contributed by atoms with Crippen molar-refractivity contribution in [2.45, 2.75) is 45.6 Å². The van der Waals surface area contributed by atoms with Crippen LogP contribution in [0, 0.1) is 17.0 Å². The van der Waals surface area contributed by atoms with E-state index >= 15 is 0 Å². The second-order valence-electron chi connectivity index (χ2n) is 6.03. The third kappa shape index (κ3) is 3.82. The summed E-state index contributed by atoms with van der Waals surface area (Å²) in [5, 5.41) is 13.2. The van der Waals surface area contributed by atoms with E-state index in [-0.39, 0.29) is 10.6 Å². The average Bonchev–Trinajstić information content (AvgIpc) is 2.94. The van der Waals surface area contributed by atoms with Crippen molar-refractivity contribution in [1.82, 2.24) is 4.57 Å². The molecule has 1 aromatic carbocycles. The molecule has 126 valence electrons. The Hall–Kier alpha value is -2.21. The van der Waals surface area contributed by atoms with Crippen LogP contribution in [0.15, 0.2) is 46.3 Å². The first kappa shape index (κ1) is 16.6. The molecular weight excluding hydrogens is 322 g/mol. The van der Waals surface area contributed by atoms with Crippen LogP contribution in [0.25, 0.3) is 0 Å². The number of benzene rings is 1. The lowest BCUT2D eigenvalue weighted by atomic mass is 9.97. The van der Waals surface area contributed by atoms with Gasteiger partial charge in [0.2, 0.25) is 0 Å². The van der Waals surface area contributed by atoms with Gasteiger partial charge in [0.1, 0.15) is 5.69 Å². The maximum absolute atomic E-state index is 11.2. The molecule has 1 aliphatic carbocycles. The largest absolute Gasteiger partial charge is 0.321 e. The number of allylic oxidation sites excluding steroid dienone is 2. The van der Waals surface area contributed by atoms with Crippen molar-refractivity contribution in [3.05, 3.63) is 61.9 Å². The fourth-order valence-corrected chi connectivity index (χ4v) is 3.89. The highest BCUT2D eigenvalue weighted by molar-refractivity contribution is 7.07. The number of rotatable bonds is 5. The number of hydrogen-bond donors (Lipinski definition) is 0. The van der Waals surface area contributed by atoms with E-state index in [0.29, 0.717) is 5.69 Å². The van der Waals surface area contributed by atoms with Crippen LogP contribution in [0.3, 0.4) is 0 Å². The van der Waals surface area contributed by atoms with Gasteiger partial charge in [-0.1, -0.05) is 23.8 Å². The van der Waals surface area contributed by atoms with Crippen LogP contribution in [0.2, 0.25) is 0 Å². The summed E-state index contributed by atoms with van der Waals surface area (Å²) in [5.74, 6) is 0. The molecule has 0 saturated carbocycles. The minimum absolute atomic E-state index is 0.0464. The first-order chi connectivity index (χ1) is 11.6. The molecule has 2 aromatic rings. The molecule has 5 nitrogen and oxygen atoms in total. The summed E-state index contributed by atoms with van der Waals surface area (Å²) >= 11 is 1.53. The fourth-order valence-electron chi connectivity index (χ4n) is 2.98. The van der Waals surface area contributed by atoms with Crippen LogP contribution in [-0.4, -0.2) is 9.49 Å². The molecule has 3 rings (SSSR count). The highest BCUT2D eigenvalue weighted by Crippen LogP contribution is 2.26. The van der Waals surface area contributed by atoms with Gasteiger partial charge in [-0.3, -0.25) is 10.1 Å². The summed E-state index contributed by atoms with van der Waals surface area (Å²) in [4.78, 5) is 16.2. The van der Waals surface area contributed by atoms with Gasteiger partial charge in [0.25, 0.3) is 5.69 Å². The lowest BCUT2D eigenvalue weighted by Gasteiger charge is -2.13. The van der Waals surface area contributed by atoms with Crippen molar-refractivity contribution in [2.75, 3.05) is 0 Å². The quantitative estimate of drug-likeness (QED) is 0.441. The number of nitrogens with zero attached hydrogens (tertiary/aromatic N) is 3. The molecule has 0 unspecified atom stereocenters. The van der Waals surface area contributed by atoms with Crippen molar-refractivity contribution in [1.29, 1.82) is 0 Å². The maximum Gasteiger partial charge on any atom is 0.294 e. The second-order valence-corrected chi connectivity index (χ2v) is 6.86. The summed E-state index contributed by atoms with van der Waals surface area (Å²) < 4.78 is 2.16. The molecule has 0 fully saturated rings. The van der Waals surface area contributed by atoms with Crippen LogP contribution >= 0.6 is 11.3 Å². The van der Waals surface area contributed by atoms with Gasteiger partial charge in [0.15, 0.2) is 4.80 Å². The molecular formula is C18H21N3O2S. The van der Waals surface area contributed by atoms with Gasteiger partial charge < -0.3 is 4.57 Å². The highest BCUT2D eigenvalue weighted by atomic mass is 32.1. The van der Waals surface area contributed by atoms with Gasteiger partial charge in [0, 0.05) is 23.7 Å². The fraction of sp³-hybridized carbons (Fsp3) is 0.389. The van der Waals surface area contributed by atoms with E-state index in [1.807, 2.05) is 0 Å². The summed E-state index contributed by atoms with van der Waals surface area (Å²) in [6.45, 7) is 2.94. The van der Waals surface area contributed by atoms with Gasteiger partial charge in [-0.25, -0.2) is 4.99 Å². The summed E-state index contributed by atoms with van der Waals surface area (Å²) in [6, 6.07) is 6.64. The number of thiazole rings is 1. The third-order valence-corrected chi connectivity index (χ3v) is 5.31. The first-order valence-electron chi connectivity index (χ1n) is 8.26. The Balaban J connectivity index is 1.89. The predicted octanol–water partition coefficient (Wildman–Crippen LogP) is 4.89. The average molecular weight is 343 g/mol. The zero-order valence-corrected chi connectivity index (χ0v) is 14.6. The van der Waals surface area contributed by atoms with Gasteiger partial charge >= 0.3 is 0 Å². The third-order valence-electron chi connectivity index (χ3n) is 4.33. The van der Waals surface area contributed by atoms with E-state index in [2.05, 4.69) is 27.9 Å². The first-order valence-corrected chi connectivity index (χ1v) is 9.14. The van der Waals surface area contributed by atoms with Gasteiger partial charge in [0.05, 0.1) is 4.92 Å². The topological polar surface area (TPSA) is 60.4 Å². The van der Waals surface area contributed by atoms with Gasteiger partial charge in [-0.05, 0) is 45.1 Å². The lowest BCUT2D eigenvalue weighted by Crippen LogP contribution is -2.17. The monoisotopic (exact) mass is 343 g/mol. The lowest BCUT2D eigenvalue weighted by molar-refractivity contribution is -0.384. The number of para-hydroxylation sites is 2. The molecule has 0 bridgehead atoms. The van der Waals surface area contributed by atoms with Crippen molar-refractivity contribution in [3.63, 3.8) is 0 Å². The molecule has 0 N–H and O–H groups in total. The summed E-state index contributed by atoms with van der Waals surface area (Å²) in [5.41, 5.74) is 3.13. The van der Waals surface area contributed by atoms with Crippen LogP contribution in [-0.2, 0) is 6.54 Å². The smallest absolute Gasteiger partial charge is 0.294 e. The van der Waals surface area contributed by atoms with Crippen LogP contribution in [0.5, 0.6) is 0 Å². The van der Waals surface area contributed by atoms with Crippen molar-refractivity contribution >= 4 is 22.7 Å². The van der Waals surface area contributed by atoms with Crippen molar-refractivity contribution in [3.8, 4) is 0 Å². The Morgan fingerprint density at radius 1 is 1.33 bits per heavy atom. The molecule has 1 aliphatic rings. The zero-order valence-electron chi connectivity index (χ0n) is 13.8. The molecule has 6 heteroatoms. The molecule has 24 heavy (non-hydrogen) atoms. The second kappa shape index (κ2) is 7.57. The van der Waals surface area contributed by atoms with Crippen LogP contribution in [0.1, 0.15) is 37.8 Å². The van der Waals surface area contributed by atoms with E-state index in [1.54, 1.807) is 18.2 Å². The summed E-state index contributed by atoms with van der Waals surface area (Å²) in [6.07, 6.45) is 8.36. The number of nitro benzene ring substituents is 1. The molecule has 0 spiro atoms. The minimum Gasteiger partial charge on any atom is -0.321 e. The van der Waals surface area contributed by atoms with E-state index in [1.165, 1.54) is 48.7 Å². The Morgan fingerprint density at radius 2 is 2.17 bits per heavy atom. The maximum atomic E-state index is 11.2. The molecule has 0 amide bonds. The van der Waals surface area contributed by atoms with Crippen LogP contribution < -0.4 is 4.80 Å². The van der Waals surface area contributed by atoms with Crippen LogP contribution in [0.4, 0.5) is 11.4 Å². The Bertz CT molecular complexity index is 833. The van der Waals surface area contributed by atoms with Gasteiger partial charge in [-0.2, -0.15) is 0 Å². The number of aryl methyl sites for hydroxylation is 1. The number of aromatic nitrogens is 1. The Kier molecular flexibility index (Phi) is 5.25. The molecule has 1 heterocycles. The van der Waals surface area contributed by atoms with E-state index in [0.717, 1.165) is 23.5 Å². The Morgan fingerprint density at radius 3 is 2.92 bits per heavy atom. The molecule has 0 saturated heterocycles. The summed E-state index contributed by atoms with van der Waals surface area (Å²) in [7, 11) is 0. The molecule has 0 atom stereocenters. The van der Waals surface area contributed by atoms with Crippen molar-refractivity contribution in [2.24, 2.45) is 4.99 Å². The zero-order chi connectivity index (χ0) is 16.9. The van der Waals surface area contributed by atoms with E-state index in [9.17, 15) is 10.1 Å². The van der Waals surface area contributed by atoms with E-state index in [4.69, 9.17) is 0 Å².